The quantitative estimate of drug-likeness (QED) is 0.878. The van der Waals surface area contributed by atoms with Gasteiger partial charge in [0.05, 0.1) is 11.1 Å². The Morgan fingerprint density at radius 2 is 2.31 bits per heavy atom. The Hall–Kier alpha value is -0.0900. The summed E-state index contributed by atoms with van der Waals surface area (Å²) < 4.78 is 0.842. The van der Waals surface area contributed by atoms with Crippen LogP contribution in [-0.2, 0) is 0 Å². The fourth-order valence-electron chi connectivity index (χ4n) is 1.03. The van der Waals surface area contributed by atoms with Crippen molar-refractivity contribution in [3.63, 3.8) is 0 Å². The first-order valence-electron chi connectivity index (χ1n) is 3.92. The molecule has 2 nitrogen and oxygen atoms in total. The minimum absolute atomic E-state index is 0.504. The van der Waals surface area contributed by atoms with Crippen LogP contribution in [0.25, 0.3) is 0 Å². The van der Waals surface area contributed by atoms with Gasteiger partial charge in [0.2, 0.25) is 0 Å². The predicted octanol–water partition coefficient (Wildman–Crippen LogP) is 2.36. The van der Waals surface area contributed by atoms with Gasteiger partial charge in [-0.3, -0.25) is 0 Å². The maximum atomic E-state index is 9.60. The molecule has 13 heavy (non-hydrogen) atoms. The third kappa shape index (κ3) is 2.95. The number of nitrogens with one attached hydrogen (secondary N) is 1. The van der Waals surface area contributed by atoms with E-state index in [9.17, 15) is 5.11 Å². The SMILES string of the molecule is CNCC(O)c1ccc(Br)c(Cl)c1. The minimum Gasteiger partial charge on any atom is -0.387 e. The summed E-state index contributed by atoms with van der Waals surface area (Å²) in [6.07, 6.45) is -0.504. The monoisotopic (exact) mass is 263 g/mol. The Balaban J connectivity index is 2.84. The van der Waals surface area contributed by atoms with Crippen LogP contribution >= 0.6 is 27.5 Å². The van der Waals surface area contributed by atoms with Crippen LogP contribution < -0.4 is 5.32 Å². The topological polar surface area (TPSA) is 32.3 Å². The highest BCUT2D eigenvalue weighted by Crippen LogP contribution is 2.25. The van der Waals surface area contributed by atoms with E-state index in [2.05, 4.69) is 21.2 Å². The molecular formula is C9H11BrClNO. The van der Waals surface area contributed by atoms with Gasteiger partial charge < -0.3 is 10.4 Å². The molecule has 0 heterocycles. The van der Waals surface area contributed by atoms with E-state index < -0.39 is 6.10 Å². The lowest BCUT2D eigenvalue weighted by Crippen LogP contribution is -2.16. The van der Waals surface area contributed by atoms with Gasteiger partial charge in [-0.05, 0) is 40.7 Å². The second-order valence-electron chi connectivity index (χ2n) is 2.75. The molecule has 0 saturated carbocycles. The summed E-state index contributed by atoms with van der Waals surface area (Å²) in [6, 6.07) is 5.43. The highest BCUT2D eigenvalue weighted by molar-refractivity contribution is 9.10. The summed E-state index contributed by atoms with van der Waals surface area (Å²) in [5.74, 6) is 0. The van der Waals surface area contributed by atoms with E-state index in [1.807, 2.05) is 12.1 Å². The van der Waals surface area contributed by atoms with E-state index in [1.54, 1.807) is 13.1 Å². The maximum Gasteiger partial charge on any atom is 0.0914 e. The Bertz CT molecular complexity index is 293. The van der Waals surface area contributed by atoms with Crippen molar-refractivity contribution in [3.8, 4) is 0 Å². The smallest absolute Gasteiger partial charge is 0.0914 e. The first kappa shape index (κ1) is 11.0. The average Bonchev–Trinajstić information content (AvgIpc) is 2.10. The first-order valence-corrected chi connectivity index (χ1v) is 5.10. The van der Waals surface area contributed by atoms with Gasteiger partial charge in [0.25, 0.3) is 0 Å². The summed E-state index contributed by atoms with van der Waals surface area (Å²) >= 11 is 9.17. The molecule has 1 rings (SSSR count). The maximum absolute atomic E-state index is 9.60. The van der Waals surface area contributed by atoms with Gasteiger partial charge in [0.1, 0.15) is 0 Å². The lowest BCUT2D eigenvalue weighted by Gasteiger charge is -2.10. The number of hydrogen-bond acceptors (Lipinski definition) is 2. The molecule has 1 aromatic rings. The first-order chi connectivity index (χ1) is 6.15. The molecule has 0 radical (unpaired) electrons. The molecule has 1 aromatic carbocycles. The number of aliphatic hydroxyl groups is 1. The summed E-state index contributed by atoms with van der Waals surface area (Å²) in [4.78, 5) is 0. The van der Waals surface area contributed by atoms with Gasteiger partial charge in [-0.2, -0.15) is 0 Å². The molecule has 0 spiro atoms. The van der Waals surface area contributed by atoms with Crippen LogP contribution in [0, 0.1) is 0 Å². The van der Waals surface area contributed by atoms with Gasteiger partial charge in [-0.15, -0.1) is 0 Å². The standard InChI is InChI=1S/C9H11BrClNO/c1-12-5-9(13)6-2-3-7(10)8(11)4-6/h2-4,9,12-13H,5H2,1H3. The minimum atomic E-state index is -0.504. The molecule has 1 atom stereocenters. The van der Waals surface area contributed by atoms with Crippen molar-refractivity contribution in [2.24, 2.45) is 0 Å². The fraction of sp³-hybridized carbons (Fsp3) is 0.333. The van der Waals surface area contributed by atoms with Crippen molar-refractivity contribution >= 4 is 27.5 Å². The van der Waals surface area contributed by atoms with Gasteiger partial charge in [-0.1, -0.05) is 17.7 Å². The lowest BCUT2D eigenvalue weighted by atomic mass is 10.1. The van der Waals surface area contributed by atoms with E-state index in [1.165, 1.54) is 0 Å². The lowest BCUT2D eigenvalue weighted by molar-refractivity contribution is 0.178. The number of halogens is 2. The Morgan fingerprint density at radius 3 is 2.85 bits per heavy atom. The Morgan fingerprint density at radius 1 is 1.62 bits per heavy atom. The molecule has 0 fully saturated rings. The number of rotatable bonds is 3. The van der Waals surface area contributed by atoms with E-state index in [4.69, 9.17) is 11.6 Å². The molecule has 2 N–H and O–H groups in total. The zero-order chi connectivity index (χ0) is 9.84. The Labute approximate surface area is 91.0 Å². The van der Waals surface area contributed by atoms with Gasteiger partial charge in [0, 0.05) is 11.0 Å². The summed E-state index contributed by atoms with van der Waals surface area (Å²) in [5, 5.41) is 13.1. The molecule has 0 aliphatic heterocycles. The van der Waals surface area contributed by atoms with Crippen LogP contribution in [0.15, 0.2) is 22.7 Å². The van der Waals surface area contributed by atoms with Crippen molar-refractivity contribution < 1.29 is 5.11 Å². The molecule has 4 heteroatoms. The molecule has 0 amide bonds. The molecule has 0 aromatic heterocycles. The summed E-state index contributed by atoms with van der Waals surface area (Å²) in [6.45, 7) is 0.526. The van der Waals surface area contributed by atoms with Crippen molar-refractivity contribution in [2.45, 2.75) is 6.10 Å². The second-order valence-corrected chi connectivity index (χ2v) is 4.01. The zero-order valence-electron chi connectivity index (χ0n) is 7.22. The fourth-order valence-corrected chi connectivity index (χ4v) is 1.47. The highest BCUT2D eigenvalue weighted by atomic mass is 79.9. The molecule has 0 aliphatic rings. The van der Waals surface area contributed by atoms with E-state index in [0.717, 1.165) is 10.0 Å². The van der Waals surface area contributed by atoms with E-state index in [-0.39, 0.29) is 0 Å². The molecule has 0 bridgehead atoms. The van der Waals surface area contributed by atoms with Crippen LogP contribution in [0.3, 0.4) is 0 Å². The van der Waals surface area contributed by atoms with E-state index in [0.29, 0.717) is 11.6 Å². The van der Waals surface area contributed by atoms with Crippen molar-refractivity contribution in [1.82, 2.24) is 5.32 Å². The number of benzene rings is 1. The zero-order valence-corrected chi connectivity index (χ0v) is 9.56. The number of likely N-dealkylation sites (N-methyl/N-ethyl adjacent to an activating group) is 1. The largest absolute Gasteiger partial charge is 0.387 e. The second kappa shape index (κ2) is 4.96. The third-order valence-electron chi connectivity index (χ3n) is 1.73. The van der Waals surface area contributed by atoms with Gasteiger partial charge in [-0.25, -0.2) is 0 Å². The molecule has 0 saturated heterocycles. The van der Waals surface area contributed by atoms with Gasteiger partial charge in [0.15, 0.2) is 0 Å². The van der Waals surface area contributed by atoms with Crippen LogP contribution in [-0.4, -0.2) is 18.7 Å². The normalized spacial score (nSPS) is 12.9. The Kier molecular flexibility index (Phi) is 4.19. The van der Waals surface area contributed by atoms with Crippen LogP contribution in [0.1, 0.15) is 11.7 Å². The average molecular weight is 265 g/mol. The number of hydrogen-bond donors (Lipinski definition) is 2. The molecule has 1 unspecified atom stereocenters. The summed E-state index contributed by atoms with van der Waals surface area (Å²) in [7, 11) is 1.80. The van der Waals surface area contributed by atoms with Crippen LogP contribution in [0.5, 0.6) is 0 Å². The summed E-state index contributed by atoms with van der Waals surface area (Å²) in [5.41, 5.74) is 0.822. The van der Waals surface area contributed by atoms with Crippen molar-refractivity contribution in [2.75, 3.05) is 13.6 Å². The third-order valence-corrected chi connectivity index (χ3v) is 2.96. The van der Waals surface area contributed by atoms with E-state index >= 15 is 0 Å². The predicted molar refractivity (Wildman–Crippen MR) is 58.0 cm³/mol. The van der Waals surface area contributed by atoms with Crippen LogP contribution in [0.2, 0.25) is 5.02 Å². The molecule has 72 valence electrons. The number of aliphatic hydroxyl groups excluding tert-OH is 1. The van der Waals surface area contributed by atoms with Gasteiger partial charge >= 0.3 is 0 Å². The van der Waals surface area contributed by atoms with Crippen molar-refractivity contribution in [1.29, 1.82) is 0 Å². The van der Waals surface area contributed by atoms with Crippen molar-refractivity contribution in [3.05, 3.63) is 33.3 Å². The molecular weight excluding hydrogens is 253 g/mol. The highest BCUT2D eigenvalue weighted by Gasteiger charge is 2.07. The van der Waals surface area contributed by atoms with Crippen LogP contribution in [0.4, 0.5) is 0 Å². The molecule has 0 aliphatic carbocycles.